The van der Waals surface area contributed by atoms with Crippen molar-refractivity contribution >= 4 is 17.3 Å². The Bertz CT molecular complexity index is 179. The van der Waals surface area contributed by atoms with E-state index in [0.29, 0.717) is 19.3 Å². The summed E-state index contributed by atoms with van der Waals surface area (Å²) in [7, 11) is 3.38. The lowest BCUT2D eigenvalue weighted by Gasteiger charge is -2.30. The predicted octanol–water partition coefficient (Wildman–Crippen LogP) is 0.864. The van der Waals surface area contributed by atoms with Gasteiger partial charge in [-0.2, -0.15) is 0 Å². The molecule has 0 spiro atoms. The van der Waals surface area contributed by atoms with Crippen LogP contribution in [0.4, 0.5) is 0 Å². The molecule has 15 heavy (non-hydrogen) atoms. The minimum Gasteiger partial charge on any atom is -0.383 e. The van der Waals surface area contributed by atoms with Crippen LogP contribution < -0.4 is 5.32 Å². The zero-order chi connectivity index (χ0) is 11.7. The fourth-order valence-corrected chi connectivity index (χ4v) is 1.76. The molecule has 0 aromatic rings. The third kappa shape index (κ3) is 5.92. The Morgan fingerprint density at radius 2 is 2.07 bits per heavy atom. The molecule has 0 aliphatic heterocycles. The Morgan fingerprint density at radius 3 is 2.53 bits per heavy atom. The first-order chi connectivity index (χ1) is 7.17. The number of hydrogen-bond donors (Lipinski definition) is 1. The van der Waals surface area contributed by atoms with Gasteiger partial charge in [0.05, 0.1) is 19.3 Å². The largest absolute Gasteiger partial charge is 0.383 e. The molecule has 0 aromatic carbocycles. The van der Waals surface area contributed by atoms with Gasteiger partial charge in [-0.1, -0.05) is 0 Å². The lowest BCUT2D eigenvalue weighted by atomic mass is 10.3. The van der Waals surface area contributed by atoms with E-state index in [1.54, 1.807) is 14.2 Å². The Kier molecular flexibility index (Phi) is 8.65. The first-order valence-electron chi connectivity index (χ1n) is 5.19. The van der Waals surface area contributed by atoms with Gasteiger partial charge in [-0.05, 0) is 26.1 Å². The number of nitrogens with one attached hydrogen (secondary N) is 1. The first-order valence-corrected chi connectivity index (χ1v) is 5.60. The van der Waals surface area contributed by atoms with Gasteiger partial charge < -0.3 is 19.7 Å². The van der Waals surface area contributed by atoms with Crippen molar-refractivity contribution in [1.29, 1.82) is 0 Å². The third-order valence-corrected chi connectivity index (χ3v) is 2.50. The highest BCUT2D eigenvalue weighted by atomic mass is 32.1. The van der Waals surface area contributed by atoms with Crippen molar-refractivity contribution in [1.82, 2.24) is 10.2 Å². The average Bonchev–Trinajstić information content (AvgIpc) is 2.19. The van der Waals surface area contributed by atoms with Crippen molar-refractivity contribution in [3.05, 3.63) is 0 Å². The average molecular weight is 234 g/mol. The topological polar surface area (TPSA) is 33.7 Å². The number of hydrogen-bond acceptors (Lipinski definition) is 3. The van der Waals surface area contributed by atoms with Gasteiger partial charge in [0.2, 0.25) is 0 Å². The Morgan fingerprint density at radius 1 is 1.40 bits per heavy atom. The van der Waals surface area contributed by atoms with Crippen molar-refractivity contribution in [2.45, 2.75) is 19.9 Å². The highest BCUT2D eigenvalue weighted by molar-refractivity contribution is 7.80. The predicted molar refractivity (Wildman–Crippen MR) is 66.2 cm³/mol. The van der Waals surface area contributed by atoms with E-state index < -0.39 is 0 Å². The quantitative estimate of drug-likeness (QED) is 0.522. The minimum absolute atomic E-state index is 0.294. The molecule has 1 N–H and O–H groups in total. The molecule has 0 bridgehead atoms. The summed E-state index contributed by atoms with van der Waals surface area (Å²) in [5.41, 5.74) is 0. The van der Waals surface area contributed by atoms with Gasteiger partial charge in [0.25, 0.3) is 0 Å². The van der Waals surface area contributed by atoms with Crippen LogP contribution in [0.3, 0.4) is 0 Å². The summed E-state index contributed by atoms with van der Waals surface area (Å²) in [6.07, 6.45) is 0. The van der Waals surface area contributed by atoms with E-state index in [2.05, 4.69) is 24.1 Å². The van der Waals surface area contributed by atoms with Gasteiger partial charge in [0, 0.05) is 27.3 Å². The van der Waals surface area contributed by atoms with Gasteiger partial charge in [-0.25, -0.2) is 0 Å². The van der Waals surface area contributed by atoms with Crippen LogP contribution in [-0.4, -0.2) is 56.6 Å². The minimum atomic E-state index is 0.294. The third-order valence-electron chi connectivity index (χ3n) is 2.12. The summed E-state index contributed by atoms with van der Waals surface area (Å²) in [4.78, 5) is 2.11. The molecule has 0 radical (unpaired) electrons. The second-order valence-electron chi connectivity index (χ2n) is 3.32. The van der Waals surface area contributed by atoms with Crippen LogP contribution in [0.25, 0.3) is 0 Å². The molecule has 0 rings (SSSR count). The molecular weight excluding hydrogens is 212 g/mol. The number of rotatable bonds is 7. The van der Waals surface area contributed by atoms with E-state index in [1.165, 1.54) is 0 Å². The molecule has 90 valence electrons. The maximum Gasteiger partial charge on any atom is 0.169 e. The van der Waals surface area contributed by atoms with E-state index >= 15 is 0 Å². The number of methoxy groups -OCH3 is 2. The maximum absolute atomic E-state index is 5.28. The molecule has 1 unspecified atom stereocenters. The molecule has 1 atom stereocenters. The summed E-state index contributed by atoms with van der Waals surface area (Å²) in [6, 6.07) is 0.294. The van der Waals surface area contributed by atoms with Gasteiger partial charge in [0.15, 0.2) is 5.11 Å². The Labute approximate surface area is 97.9 Å². The zero-order valence-corrected chi connectivity index (χ0v) is 10.9. The molecule has 0 saturated heterocycles. The fourth-order valence-electron chi connectivity index (χ4n) is 1.35. The summed E-state index contributed by atoms with van der Waals surface area (Å²) in [5, 5.41) is 3.91. The number of nitrogens with zero attached hydrogens (tertiary/aromatic N) is 1. The van der Waals surface area contributed by atoms with Crippen molar-refractivity contribution in [2.24, 2.45) is 0 Å². The molecule has 0 aliphatic carbocycles. The number of thiocarbonyl (C=S) groups is 1. The van der Waals surface area contributed by atoms with Gasteiger partial charge in [0.1, 0.15) is 0 Å². The second kappa shape index (κ2) is 8.88. The monoisotopic (exact) mass is 234 g/mol. The molecule has 0 fully saturated rings. The van der Waals surface area contributed by atoms with Crippen LogP contribution >= 0.6 is 12.2 Å². The van der Waals surface area contributed by atoms with Crippen molar-refractivity contribution in [2.75, 3.05) is 40.5 Å². The fraction of sp³-hybridized carbons (Fsp3) is 0.900. The Hall–Kier alpha value is -0.390. The molecule has 4 nitrogen and oxygen atoms in total. The molecule has 0 heterocycles. The maximum atomic E-state index is 5.28. The summed E-state index contributed by atoms with van der Waals surface area (Å²) in [5.74, 6) is 0. The van der Waals surface area contributed by atoms with E-state index in [9.17, 15) is 0 Å². The highest BCUT2D eigenvalue weighted by Gasteiger charge is 2.14. The van der Waals surface area contributed by atoms with Crippen LogP contribution in [0.5, 0.6) is 0 Å². The van der Waals surface area contributed by atoms with Crippen molar-refractivity contribution in [3.8, 4) is 0 Å². The van der Waals surface area contributed by atoms with Crippen LogP contribution in [0.2, 0.25) is 0 Å². The lowest BCUT2D eigenvalue weighted by molar-refractivity contribution is 0.137. The van der Waals surface area contributed by atoms with E-state index in [1.807, 2.05) is 0 Å². The van der Waals surface area contributed by atoms with Crippen molar-refractivity contribution < 1.29 is 9.47 Å². The molecular formula is C10H22N2O2S. The lowest BCUT2D eigenvalue weighted by Crippen LogP contribution is -2.47. The normalized spacial score (nSPS) is 12.3. The van der Waals surface area contributed by atoms with Gasteiger partial charge in [-0.3, -0.25) is 0 Å². The zero-order valence-electron chi connectivity index (χ0n) is 10.1. The molecule has 0 aliphatic rings. The Balaban J connectivity index is 3.97. The van der Waals surface area contributed by atoms with E-state index in [4.69, 9.17) is 21.7 Å². The van der Waals surface area contributed by atoms with Gasteiger partial charge in [-0.15, -0.1) is 0 Å². The van der Waals surface area contributed by atoms with Crippen LogP contribution in [-0.2, 0) is 9.47 Å². The SMILES string of the molecule is CCN(C(=S)NCCOC)C(C)COC. The summed E-state index contributed by atoms with van der Waals surface area (Å²) < 4.78 is 10.1. The molecule has 0 amide bonds. The van der Waals surface area contributed by atoms with Gasteiger partial charge >= 0.3 is 0 Å². The number of likely N-dealkylation sites (N-methyl/N-ethyl adjacent to an activating group) is 1. The van der Waals surface area contributed by atoms with E-state index in [-0.39, 0.29) is 0 Å². The molecule has 5 heteroatoms. The van der Waals surface area contributed by atoms with Crippen LogP contribution in [0, 0.1) is 0 Å². The second-order valence-corrected chi connectivity index (χ2v) is 3.70. The standard InChI is InChI=1S/C10H22N2O2S/c1-5-12(9(2)8-14-4)10(15)11-6-7-13-3/h9H,5-8H2,1-4H3,(H,11,15). The van der Waals surface area contributed by atoms with Crippen molar-refractivity contribution in [3.63, 3.8) is 0 Å². The van der Waals surface area contributed by atoms with E-state index in [0.717, 1.165) is 18.2 Å². The first kappa shape index (κ1) is 14.6. The van der Waals surface area contributed by atoms with Crippen LogP contribution in [0.15, 0.2) is 0 Å². The summed E-state index contributed by atoms with van der Waals surface area (Å²) in [6.45, 7) is 7.14. The smallest absolute Gasteiger partial charge is 0.169 e. The van der Waals surface area contributed by atoms with Crippen LogP contribution in [0.1, 0.15) is 13.8 Å². The summed E-state index contributed by atoms with van der Waals surface area (Å²) >= 11 is 5.28. The molecule has 0 aromatic heterocycles. The number of ether oxygens (including phenoxy) is 2. The highest BCUT2D eigenvalue weighted by Crippen LogP contribution is 1.99. The molecule has 0 saturated carbocycles.